The molecule has 5 nitrogen and oxygen atoms in total. The van der Waals surface area contributed by atoms with Gasteiger partial charge in [-0.05, 0) is 43.0 Å². The number of rotatable bonds is 6. The van der Waals surface area contributed by atoms with Gasteiger partial charge in [-0.2, -0.15) is 0 Å². The zero-order valence-corrected chi connectivity index (χ0v) is 15.2. The maximum Gasteiger partial charge on any atom is 0.228 e. The molecule has 4 rings (SSSR count). The summed E-state index contributed by atoms with van der Waals surface area (Å²) in [6, 6.07) is 12.4. The molecule has 0 saturated carbocycles. The fraction of sp³-hybridized carbons (Fsp3) is 0.368. The molecule has 1 saturated heterocycles. The smallest absolute Gasteiger partial charge is 0.228 e. The number of benzene rings is 1. The van der Waals surface area contributed by atoms with Crippen molar-refractivity contribution in [3.05, 3.63) is 59.5 Å². The quantitative estimate of drug-likeness (QED) is 0.623. The van der Waals surface area contributed by atoms with Crippen LogP contribution < -0.4 is 4.90 Å². The molecule has 2 aromatic heterocycles. The number of aromatic nitrogens is 3. The van der Waals surface area contributed by atoms with Gasteiger partial charge in [-0.3, -0.25) is 4.57 Å². The van der Waals surface area contributed by atoms with Crippen LogP contribution in [0.2, 0.25) is 0 Å². The summed E-state index contributed by atoms with van der Waals surface area (Å²) in [6.45, 7) is 4.93. The van der Waals surface area contributed by atoms with Gasteiger partial charge in [-0.25, -0.2) is 0 Å². The first-order chi connectivity index (χ1) is 12.3. The summed E-state index contributed by atoms with van der Waals surface area (Å²) in [7, 11) is 0. The maximum absolute atomic E-state index is 5.56. The van der Waals surface area contributed by atoms with Crippen molar-refractivity contribution in [2.75, 3.05) is 18.0 Å². The summed E-state index contributed by atoms with van der Waals surface area (Å²) >= 11 is 1.74. The molecule has 3 heterocycles. The summed E-state index contributed by atoms with van der Waals surface area (Å²) < 4.78 is 7.74. The van der Waals surface area contributed by atoms with Crippen LogP contribution in [0.15, 0.2) is 52.2 Å². The molecule has 0 radical (unpaired) electrons. The summed E-state index contributed by atoms with van der Waals surface area (Å²) in [4.78, 5) is 2.33. The van der Waals surface area contributed by atoms with Crippen LogP contribution in [0.3, 0.4) is 0 Å². The van der Waals surface area contributed by atoms with Gasteiger partial charge in [-0.15, -0.1) is 10.2 Å². The van der Waals surface area contributed by atoms with E-state index < -0.39 is 0 Å². The minimum atomic E-state index is 0.669. The first-order valence-corrected chi connectivity index (χ1v) is 9.67. The molecule has 1 fully saturated rings. The van der Waals surface area contributed by atoms with E-state index in [4.69, 9.17) is 4.42 Å². The molecule has 0 spiro atoms. The van der Waals surface area contributed by atoms with Crippen molar-refractivity contribution in [3.8, 4) is 0 Å². The average molecular weight is 354 g/mol. The van der Waals surface area contributed by atoms with Crippen molar-refractivity contribution >= 4 is 17.7 Å². The fourth-order valence-corrected chi connectivity index (χ4v) is 4.16. The minimum absolute atomic E-state index is 0.669. The van der Waals surface area contributed by atoms with E-state index in [1.54, 1.807) is 18.0 Å². The normalized spacial score (nSPS) is 14.4. The van der Waals surface area contributed by atoms with Gasteiger partial charge in [0.05, 0.1) is 12.8 Å². The van der Waals surface area contributed by atoms with Gasteiger partial charge in [0.2, 0.25) is 5.95 Å². The summed E-state index contributed by atoms with van der Waals surface area (Å²) in [6.07, 6.45) is 4.16. The minimum Gasteiger partial charge on any atom is -0.467 e. The lowest BCUT2D eigenvalue weighted by Gasteiger charge is -2.17. The van der Waals surface area contributed by atoms with Crippen LogP contribution in [-0.2, 0) is 12.3 Å². The highest BCUT2D eigenvalue weighted by molar-refractivity contribution is 7.98. The Labute approximate surface area is 152 Å². The lowest BCUT2D eigenvalue weighted by atomic mass is 10.1. The number of aryl methyl sites for hydroxylation is 1. The summed E-state index contributed by atoms with van der Waals surface area (Å²) in [5.41, 5.74) is 2.65. The van der Waals surface area contributed by atoms with E-state index in [1.165, 1.54) is 24.0 Å². The molecule has 0 N–H and O–H groups in total. The zero-order valence-electron chi connectivity index (χ0n) is 14.4. The Bertz CT molecular complexity index is 822. The van der Waals surface area contributed by atoms with Crippen molar-refractivity contribution in [2.24, 2.45) is 0 Å². The molecule has 130 valence electrons. The van der Waals surface area contributed by atoms with Crippen LogP contribution in [0.5, 0.6) is 0 Å². The van der Waals surface area contributed by atoms with Gasteiger partial charge in [0.15, 0.2) is 5.16 Å². The van der Waals surface area contributed by atoms with E-state index in [9.17, 15) is 0 Å². The maximum atomic E-state index is 5.56. The fourth-order valence-electron chi connectivity index (χ4n) is 3.15. The molecule has 0 atom stereocenters. The Hall–Kier alpha value is -2.21. The molecule has 6 heteroatoms. The first kappa shape index (κ1) is 16.3. The molecule has 0 unspecified atom stereocenters. The predicted molar refractivity (Wildman–Crippen MR) is 100 cm³/mol. The van der Waals surface area contributed by atoms with E-state index in [-0.39, 0.29) is 0 Å². The molecule has 25 heavy (non-hydrogen) atoms. The largest absolute Gasteiger partial charge is 0.467 e. The Morgan fingerprint density at radius 2 is 1.92 bits per heavy atom. The lowest BCUT2D eigenvalue weighted by molar-refractivity contribution is 0.483. The van der Waals surface area contributed by atoms with Crippen molar-refractivity contribution in [3.63, 3.8) is 0 Å². The Morgan fingerprint density at radius 1 is 1.08 bits per heavy atom. The molecule has 1 aromatic carbocycles. The van der Waals surface area contributed by atoms with Crippen LogP contribution in [0, 0.1) is 6.92 Å². The molecule has 3 aromatic rings. The molecule has 0 bridgehead atoms. The van der Waals surface area contributed by atoms with Gasteiger partial charge >= 0.3 is 0 Å². The Morgan fingerprint density at radius 3 is 2.68 bits per heavy atom. The van der Waals surface area contributed by atoms with Gasteiger partial charge in [0, 0.05) is 18.8 Å². The second-order valence-corrected chi connectivity index (χ2v) is 7.30. The van der Waals surface area contributed by atoms with Crippen LogP contribution in [-0.4, -0.2) is 27.9 Å². The van der Waals surface area contributed by atoms with E-state index >= 15 is 0 Å². The number of nitrogens with zero attached hydrogens (tertiary/aromatic N) is 4. The van der Waals surface area contributed by atoms with Crippen LogP contribution >= 0.6 is 11.8 Å². The van der Waals surface area contributed by atoms with Crippen LogP contribution in [0.1, 0.15) is 29.7 Å². The third kappa shape index (κ3) is 3.58. The predicted octanol–water partition coefficient (Wildman–Crippen LogP) is 4.12. The van der Waals surface area contributed by atoms with Crippen molar-refractivity contribution < 1.29 is 4.42 Å². The highest BCUT2D eigenvalue weighted by Crippen LogP contribution is 2.28. The Kier molecular flexibility index (Phi) is 4.78. The number of anilines is 1. The van der Waals surface area contributed by atoms with Crippen LogP contribution in [0.25, 0.3) is 0 Å². The number of hydrogen-bond donors (Lipinski definition) is 0. The number of furan rings is 1. The van der Waals surface area contributed by atoms with Crippen molar-refractivity contribution in [1.82, 2.24) is 14.8 Å². The Balaban J connectivity index is 1.59. The van der Waals surface area contributed by atoms with Gasteiger partial charge in [0.25, 0.3) is 0 Å². The van der Waals surface area contributed by atoms with Crippen LogP contribution in [0.4, 0.5) is 5.95 Å². The first-order valence-electron chi connectivity index (χ1n) is 8.69. The molecule has 0 aliphatic carbocycles. The molecular weight excluding hydrogens is 332 g/mol. The third-order valence-electron chi connectivity index (χ3n) is 4.60. The van der Waals surface area contributed by atoms with E-state index in [2.05, 4.69) is 50.9 Å². The summed E-state index contributed by atoms with van der Waals surface area (Å²) in [5, 5.41) is 9.91. The topological polar surface area (TPSA) is 47.1 Å². The van der Waals surface area contributed by atoms with E-state index in [0.29, 0.717) is 6.54 Å². The molecule has 1 aliphatic rings. The zero-order chi connectivity index (χ0) is 17.1. The SMILES string of the molecule is Cc1ccccc1CSc1nnc(N2CCCC2)n1Cc1ccco1. The second kappa shape index (κ2) is 7.35. The highest BCUT2D eigenvalue weighted by atomic mass is 32.2. The van der Waals surface area contributed by atoms with E-state index in [1.807, 2.05) is 12.1 Å². The standard InChI is InChI=1S/C19H22N4OS/c1-15-7-2-3-8-16(15)14-25-19-21-20-18(22-10-4-5-11-22)23(19)13-17-9-6-12-24-17/h2-3,6-9,12H,4-5,10-11,13-14H2,1H3. The number of hydrogen-bond acceptors (Lipinski definition) is 5. The average Bonchev–Trinajstić information content (AvgIpc) is 3.37. The van der Waals surface area contributed by atoms with Crippen molar-refractivity contribution in [1.29, 1.82) is 0 Å². The second-order valence-electron chi connectivity index (χ2n) is 6.36. The number of thioether (sulfide) groups is 1. The third-order valence-corrected chi connectivity index (χ3v) is 5.61. The van der Waals surface area contributed by atoms with Gasteiger partial charge in [-0.1, -0.05) is 36.0 Å². The van der Waals surface area contributed by atoms with Crippen molar-refractivity contribution in [2.45, 2.75) is 37.2 Å². The molecular formula is C19H22N4OS. The van der Waals surface area contributed by atoms with Gasteiger partial charge < -0.3 is 9.32 Å². The highest BCUT2D eigenvalue weighted by Gasteiger charge is 2.22. The monoisotopic (exact) mass is 354 g/mol. The summed E-state index contributed by atoms with van der Waals surface area (Å²) in [5.74, 6) is 2.78. The van der Waals surface area contributed by atoms with Gasteiger partial charge in [0.1, 0.15) is 5.76 Å². The molecule has 1 aliphatic heterocycles. The van der Waals surface area contributed by atoms with E-state index in [0.717, 1.165) is 35.7 Å². The lowest BCUT2D eigenvalue weighted by Crippen LogP contribution is -2.22. The molecule has 0 amide bonds.